The first kappa shape index (κ1) is 12.8. The molecule has 2 heteroatoms. The fraction of sp³-hybridized carbons (Fsp3) is 0.312. The Labute approximate surface area is 108 Å². The number of carbonyl (C=O) groups is 1. The lowest BCUT2D eigenvalue weighted by Crippen LogP contribution is -2.34. The SMILES string of the molecule is C=CCCCC1(O)C=CC(=O)C1c1ccccc1. The molecule has 0 fully saturated rings. The van der Waals surface area contributed by atoms with E-state index in [4.69, 9.17) is 0 Å². The lowest BCUT2D eigenvalue weighted by atomic mass is 9.81. The molecule has 0 aromatic heterocycles. The average Bonchev–Trinajstić information content (AvgIpc) is 2.67. The summed E-state index contributed by atoms with van der Waals surface area (Å²) in [5.74, 6) is -0.467. The standard InChI is InChI=1S/C16H18O2/c1-2-3-7-11-16(18)12-10-14(17)15(16)13-8-5-4-6-9-13/h2,4-6,8-10,12,15,18H,1,3,7,11H2. The fourth-order valence-corrected chi connectivity index (χ4v) is 2.52. The first-order chi connectivity index (χ1) is 8.67. The van der Waals surface area contributed by atoms with E-state index in [9.17, 15) is 9.90 Å². The molecule has 0 saturated heterocycles. The summed E-state index contributed by atoms with van der Waals surface area (Å²) in [6.45, 7) is 3.67. The van der Waals surface area contributed by atoms with Crippen LogP contribution < -0.4 is 0 Å². The lowest BCUT2D eigenvalue weighted by Gasteiger charge is -2.28. The summed E-state index contributed by atoms with van der Waals surface area (Å²) >= 11 is 0. The maximum absolute atomic E-state index is 12.0. The summed E-state index contributed by atoms with van der Waals surface area (Å²) in [7, 11) is 0. The monoisotopic (exact) mass is 242 g/mol. The van der Waals surface area contributed by atoms with Crippen LogP contribution in [0.3, 0.4) is 0 Å². The van der Waals surface area contributed by atoms with Crippen molar-refractivity contribution in [3.8, 4) is 0 Å². The summed E-state index contributed by atoms with van der Waals surface area (Å²) in [4.78, 5) is 12.0. The summed E-state index contributed by atoms with van der Waals surface area (Å²) in [6, 6.07) is 9.49. The molecule has 1 aliphatic carbocycles. The molecule has 0 amide bonds. The van der Waals surface area contributed by atoms with Gasteiger partial charge in [-0.05, 0) is 37.0 Å². The Morgan fingerprint density at radius 3 is 2.72 bits per heavy atom. The first-order valence-corrected chi connectivity index (χ1v) is 6.29. The molecule has 1 aliphatic rings. The van der Waals surface area contributed by atoms with Gasteiger partial charge in [-0.25, -0.2) is 0 Å². The topological polar surface area (TPSA) is 37.3 Å². The number of ketones is 1. The Bertz CT molecular complexity index is 461. The van der Waals surface area contributed by atoms with E-state index in [-0.39, 0.29) is 5.78 Å². The van der Waals surface area contributed by atoms with Crippen molar-refractivity contribution in [1.82, 2.24) is 0 Å². The molecule has 2 nitrogen and oxygen atoms in total. The van der Waals surface area contributed by atoms with Crippen LogP contribution in [0.15, 0.2) is 55.1 Å². The van der Waals surface area contributed by atoms with Crippen LogP contribution in [-0.2, 0) is 4.79 Å². The Hall–Kier alpha value is -1.67. The van der Waals surface area contributed by atoms with Gasteiger partial charge in [-0.1, -0.05) is 36.4 Å². The molecule has 2 rings (SSSR count). The molecule has 0 spiro atoms. The van der Waals surface area contributed by atoms with Gasteiger partial charge in [0.05, 0.1) is 11.5 Å². The summed E-state index contributed by atoms with van der Waals surface area (Å²) in [6.07, 6.45) is 7.26. The number of hydrogen-bond donors (Lipinski definition) is 1. The maximum atomic E-state index is 12.0. The Morgan fingerprint density at radius 1 is 1.33 bits per heavy atom. The van der Waals surface area contributed by atoms with Gasteiger partial charge in [0.2, 0.25) is 0 Å². The third-order valence-electron chi connectivity index (χ3n) is 3.44. The molecule has 1 N–H and O–H groups in total. The molecular formula is C16H18O2. The van der Waals surface area contributed by atoms with Crippen LogP contribution in [0.2, 0.25) is 0 Å². The Morgan fingerprint density at radius 2 is 2.06 bits per heavy atom. The summed E-state index contributed by atoms with van der Waals surface area (Å²) < 4.78 is 0. The van der Waals surface area contributed by atoms with Gasteiger partial charge in [-0.15, -0.1) is 6.58 Å². The van der Waals surface area contributed by atoms with Gasteiger partial charge >= 0.3 is 0 Å². The van der Waals surface area contributed by atoms with Crippen LogP contribution in [0.1, 0.15) is 30.7 Å². The van der Waals surface area contributed by atoms with E-state index >= 15 is 0 Å². The molecule has 94 valence electrons. The molecule has 18 heavy (non-hydrogen) atoms. The highest BCUT2D eigenvalue weighted by atomic mass is 16.3. The molecule has 2 atom stereocenters. The quantitative estimate of drug-likeness (QED) is 0.636. The minimum absolute atomic E-state index is 0.0118. The highest BCUT2D eigenvalue weighted by Gasteiger charge is 2.42. The number of aliphatic hydroxyl groups is 1. The Kier molecular flexibility index (Phi) is 3.78. The number of carbonyl (C=O) groups excluding carboxylic acids is 1. The van der Waals surface area contributed by atoms with Crippen molar-refractivity contribution in [2.75, 3.05) is 0 Å². The molecule has 1 aromatic carbocycles. The van der Waals surface area contributed by atoms with Gasteiger partial charge in [-0.2, -0.15) is 0 Å². The first-order valence-electron chi connectivity index (χ1n) is 6.29. The van der Waals surface area contributed by atoms with Crippen molar-refractivity contribution in [2.45, 2.75) is 30.8 Å². The highest BCUT2D eigenvalue weighted by Crippen LogP contribution is 2.39. The molecule has 2 unspecified atom stereocenters. The second kappa shape index (κ2) is 5.32. The van der Waals surface area contributed by atoms with Crippen LogP contribution >= 0.6 is 0 Å². The normalized spacial score (nSPS) is 26.5. The number of hydrogen-bond acceptors (Lipinski definition) is 2. The van der Waals surface area contributed by atoms with E-state index in [2.05, 4.69) is 6.58 Å². The van der Waals surface area contributed by atoms with Gasteiger partial charge in [0, 0.05) is 0 Å². The van der Waals surface area contributed by atoms with Crippen LogP contribution in [0, 0.1) is 0 Å². The molecule has 1 aromatic rings. The van der Waals surface area contributed by atoms with E-state index in [1.807, 2.05) is 36.4 Å². The third-order valence-corrected chi connectivity index (χ3v) is 3.44. The van der Waals surface area contributed by atoms with Crippen molar-refractivity contribution in [3.63, 3.8) is 0 Å². The number of rotatable bonds is 5. The van der Waals surface area contributed by atoms with E-state index in [0.29, 0.717) is 6.42 Å². The number of unbranched alkanes of at least 4 members (excludes halogenated alkanes) is 1. The zero-order chi connectivity index (χ0) is 13.0. The third kappa shape index (κ3) is 2.44. The smallest absolute Gasteiger partial charge is 0.166 e. The zero-order valence-electron chi connectivity index (χ0n) is 10.4. The van der Waals surface area contributed by atoms with Crippen LogP contribution in [0.5, 0.6) is 0 Å². The van der Waals surface area contributed by atoms with Gasteiger partial charge < -0.3 is 5.11 Å². The molecule has 0 radical (unpaired) electrons. The molecular weight excluding hydrogens is 224 g/mol. The van der Waals surface area contributed by atoms with E-state index < -0.39 is 11.5 Å². The van der Waals surface area contributed by atoms with E-state index in [0.717, 1.165) is 18.4 Å². The maximum Gasteiger partial charge on any atom is 0.166 e. The second-order valence-electron chi connectivity index (χ2n) is 4.75. The lowest BCUT2D eigenvalue weighted by molar-refractivity contribution is -0.118. The molecule has 0 aliphatic heterocycles. The van der Waals surface area contributed by atoms with Crippen LogP contribution in [-0.4, -0.2) is 16.5 Å². The highest BCUT2D eigenvalue weighted by molar-refractivity contribution is 5.99. The predicted octanol–water partition coefficient (Wildman–Crippen LogP) is 3.00. The predicted molar refractivity (Wildman–Crippen MR) is 72.3 cm³/mol. The second-order valence-corrected chi connectivity index (χ2v) is 4.75. The number of benzene rings is 1. The van der Waals surface area contributed by atoms with E-state index in [1.54, 1.807) is 6.08 Å². The van der Waals surface area contributed by atoms with Gasteiger partial charge in [0.1, 0.15) is 0 Å². The van der Waals surface area contributed by atoms with Crippen molar-refractivity contribution in [3.05, 3.63) is 60.7 Å². The van der Waals surface area contributed by atoms with Gasteiger partial charge in [-0.3, -0.25) is 4.79 Å². The average molecular weight is 242 g/mol. The minimum Gasteiger partial charge on any atom is -0.385 e. The zero-order valence-corrected chi connectivity index (χ0v) is 10.4. The number of allylic oxidation sites excluding steroid dienone is 2. The summed E-state index contributed by atoms with van der Waals surface area (Å²) in [5.41, 5.74) is -0.157. The molecule has 0 saturated carbocycles. The van der Waals surface area contributed by atoms with Crippen molar-refractivity contribution < 1.29 is 9.90 Å². The van der Waals surface area contributed by atoms with Crippen molar-refractivity contribution >= 4 is 5.78 Å². The largest absolute Gasteiger partial charge is 0.385 e. The van der Waals surface area contributed by atoms with Crippen molar-refractivity contribution in [1.29, 1.82) is 0 Å². The molecule has 0 heterocycles. The Balaban J connectivity index is 2.21. The van der Waals surface area contributed by atoms with E-state index in [1.165, 1.54) is 6.08 Å². The minimum atomic E-state index is -1.04. The van der Waals surface area contributed by atoms with Crippen molar-refractivity contribution in [2.24, 2.45) is 0 Å². The molecule has 0 bridgehead atoms. The van der Waals surface area contributed by atoms with Gasteiger partial charge in [0.15, 0.2) is 5.78 Å². The summed E-state index contributed by atoms with van der Waals surface area (Å²) in [5, 5.41) is 10.7. The van der Waals surface area contributed by atoms with Crippen LogP contribution in [0.4, 0.5) is 0 Å². The van der Waals surface area contributed by atoms with Crippen LogP contribution in [0.25, 0.3) is 0 Å². The fourth-order valence-electron chi connectivity index (χ4n) is 2.52. The van der Waals surface area contributed by atoms with Gasteiger partial charge in [0.25, 0.3) is 0 Å².